The molecule has 2 unspecified atom stereocenters. The molecule has 0 aliphatic carbocycles. The molecule has 0 fully saturated rings. The molecule has 0 aliphatic heterocycles. The first kappa shape index (κ1) is 74.1. The minimum Gasteiger partial charge on any atom is -0.466 e. The Hall–Kier alpha value is -1.92. The summed E-state index contributed by atoms with van der Waals surface area (Å²) in [4.78, 5) is 24.6. The number of aliphatic hydroxyl groups is 2. The number of hydrogen-bond acceptors (Lipinski definition) is 5. The van der Waals surface area contributed by atoms with Gasteiger partial charge in [-0.05, 0) is 64.2 Å². The van der Waals surface area contributed by atoms with Crippen LogP contribution in [0.3, 0.4) is 0 Å². The van der Waals surface area contributed by atoms with Crippen molar-refractivity contribution in [3.05, 3.63) is 36.5 Å². The molecule has 0 rings (SSSR count). The summed E-state index contributed by atoms with van der Waals surface area (Å²) in [5.74, 6) is -0.0654. The lowest BCUT2D eigenvalue weighted by atomic mass is 10.0. The van der Waals surface area contributed by atoms with Crippen molar-refractivity contribution in [2.45, 2.75) is 386 Å². The highest BCUT2D eigenvalue weighted by Gasteiger charge is 2.18. The molecule has 2 atom stereocenters. The second kappa shape index (κ2) is 65.6. The van der Waals surface area contributed by atoms with Crippen LogP contribution in [0.4, 0.5) is 0 Å². The van der Waals surface area contributed by atoms with Crippen molar-refractivity contribution < 1.29 is 24.5 Å². The van der Waals surface area contributed by atoms with E-state index in [-0.39, 0.29) is 18.5 Å². The molecule has 76 heavy (non-hydrogen) atoms. The number of ether oxygens (including phenoxy) is 1. The summed E-state index contributed by atoms with van der Waals surface area (Å²) in [6.45, 7) is 4.93. The molecular formula is C70H133NO5. The van der Waals surface area contributed by atoms with Gasteiger partial charge < -0.3 is 20.3 Å². The first-order valence-corrected chi connectivity index (χ1v) is 34.3. The highest BCUT2D eigenvalue weighted by Crippen LogP contribution is 2.18. The third kappa shape index (κ3) is 61.3. The molecule has 6 nitrogen and oxygen atoms in total. The third-order valence-corrected chi connectivity index (χ3v) is 15.9. The molecule has 0 aromatic rings. The molecular weight excluding hydrogens is 935 g/mol. The Bertz CT molecular complexity index is 1230. The van der Waals surface area contributed by atoms with Crippen LogP contribution in [-0.4, -0.2) is 47.4 Å². The molecule has 0 aliphatic rings. The Morgan fingerprint density at radius 2 is 0.658 bits per heavy atom. The largest absolute Gasteiger partial charge is 0.466 e. The Kier molecular flexibility index (Phi) is 63.9. The van der Waals surface area contributed by atoms with Gasteiger partial charge in [0.15, 0.2) is 0 Å². The van der Waals surface area contributed by atoms with E-state index in [4.69, 9.17) is 4.74 Å². The molecule has 1 amide bonds. The highest BCUT2D eigenvalue weighted by atomic mass is 16.5. The zero-order valence-electron chi connectivity index (χ0n) is 51.3. The van der Waals surface area contributed by atoms with Crippen molar-refractivity contribution in [2.24, 2.45) is 0 Å². The average Bonchev–Trinajstić information content (AvgIpc) is 3.42. The van der Waals surface area contributed by atoms with E-state index >= 15 is 0 Å². The van der Waals surface area contributed by atoms with Crippen molar-refractivity contribution in [1.82, 2.24) is 5.32 Å². The predicted molar refractivity (Wildman–Crippen MR) is 333 cm³/mol. The van der Waals surface area contributed by atoms with E-state index in [0.29, 0.717) is 19.4 Å². The Morgan fingerprint density at radius 1 is 0.368 bits per heavy atom. The average molecular weight is 1070 g/mol. The van der Waals surface area contributed by atoms with Crippen molar-refractivity contribution in [3.63, 3.8) is 0 Å². The zero-order valence-corrected chi connectivity index (χ0v) is 51.3. The maximum atomic E-state index is 12.5. The first-order valence-electron chi connectivity index (χ1n) is 34.3. The fraction of sp³-hybridized carbons (Fsp3) is 0.886. The Balaban J connectivity index is 3.47. The fourth-order valence-electron chi connectivity index (χ4n) is 10.7. The number of unbranched alkanes of at least 4 members (excludes halogenated alkanes) is 49. The molecule has 0 aromatic carbocycles. The summed E-state index contributed by atoms with van der Waals surface area (Å²) < 4.78 is 5.49. The Labute approximate surface area is 474 Å². The van der Waals surface area contributed by atoms with Gasteiger partial charge in [0, 0.05) is 12.8 Å². The van der Waals surface area contributed by atoms with Gasteiger partial charge in [-0.2, -0.15) is 0 Å². The van der Waals surface area contributed by atoms with Gasteiger partial charge in [0.25, 0.3) is 0 Å². The maximum absolute atomic E-state index is 12.5. The number of esters is 1. The van der Waals surface area contributed by atoms with Crippen LogP contribution in [-0.2, 0) is 14.3 Å². The number of nitrogens with one attached hydrogen (secondary N) is 1. The quantitative estimate of drug-likeness (QED) is 0.0320. The predicted octanol–water partition coefficient (Wildman–Crippen LogP) is 21.9. The number of carbonyl (C=O) groups excluding carboxylic acids is 2. The summed E-state index contributed by atoms with van der Waals surface area (Å²) in [6, 6.07) is -0.637. The van der Waals surface area contributed by atoms with E-state index < -0.39 is 12.1 Å². The molecule has 0 spiro atoms. The first-order chi connectivity index (χ1) is 37.5. The highest BCUT2D eigenvalue weighted by molar-refractivity contribution is 5.76. The molecule has 6 heteroatoms. The molecule has 0 saturated carbocycles. The van der Waals surface area contributed by atoms with E-state index in [1.807, 2.05) is 6.08 Å². The number of aliphatic hydroxyl groups excluding tert-OH is 2. The summed E-state index contributed by atoms with van der Waals surface area (Å²) in [5.41, 5.74) is 0. The van der Waals surface area contributed by atoms with Gasteiger partial charge in [0.05, 0.1) is 25.4 Å². The molecule has 0 saturated heterocycles. The van der Waals surface area contributed by atoms with E-state index in [2.05, 4.69) is 43.5 Å². The molecule has 0 heterocycles. The lowest BCUT2D eigenvalue weighted by molar-refractivity contribution is -0.143. The monoisotopic (exact) mass is 1070 g/mol. The molecule has 3 N–H and O–H groups in total. The smallest absolute Gasteiger partial charge is 0.305 e. The van der Waals surface area contributed by atoms with Crippen LogP contribution < -0.4 is 5.32 Å². The van der Waals surface area contributed by atoms with E-state index in [9.17, 15) is 19.8 Å². The van der Waals surface area contributed by atoms with Crippen molar-refractivity contribution in [2.75, 3.05) is 13.2 Å². The Morgan fingerprint density at radius 3 is 1.00 bits per heavy atom. The normalized spacial score (nSPS) is 12.7. The minimum atomic E-state index is -0.852. The molecule has 0 bridgehead atoms. The standard InChI is InChI=1S/C70H133NO5/c1-3-5-7-9-11-13-15-17-19-20-21-25-28-31-35-38-42-46-50-54-58-62-68(73)67(66-72)71-69(74)63-59-55-51-47-43-39-36-32-29-26-23-22-24-27-30-33-37-41-45-49-53-57-61-65-76-70(75)64-60-56-52-48-44-40-34-18-16-14-12-10-8-6-4-2/h22,24,26,29,58,62,67-68,72-73H,3-21,23,25,27-28,30-57,59-61,63-66H2,1-2H3,(H,71,74)/b24-22-,29-26-,62-58+. The SMILES string of the molecule is CCCCCCCCCCCCCCCCCCCCC/C=C/C(O)C(CO)NC(=O)CCCCCCCCC/C=C\C/C=C\CCCCCCCCCCCOC(=O)CCCCCCCCCCCCCCCCC. The second-order valence-electron chi connectivity index (χ2n) is 23.5. The van der Waals surface area contributed by atoms with E-state index in [1.54, 1.807) is 6.08 Å². The van der Waals surface area contributed by atoms with Gasteiger partial charge in [-0.3, -0.25) is 9.59 Å². The van der Waals surface area contributed by atoms with Gasteiger partial charge in [0.1, 0.15) is 0 Å². The maximum Gasteiger partial charge on any atom is 0.305 e. The van der Waals surface area contributed by atoms with Crippen molar-refractivity contribution >= 4 is 11.9 Å². The molecule has 448 valence electrons. The van der Waals surface area contributed by atoms with Crippen molar-refractivity contribution in [1.29, 1.82) is 0 Å². The van der Waals surface area contributed by atoms with Crippen molar-refractivity contribution in [3.8, 4) is 0 Å². The van der Waals surface area contributed by atoms with Gasteiger partial charge in [-0.1, -0.05) is 333 Å². The number of amides is 1. The van der Waals surface area contributed by atoms with E-state index in [0.717, 1.165) is 57.8 Å². The lowest BCUT2D eigenvalue weighted by Crippen LogP contribution is -2.45. The zero-order chi connectivity index (χ0) is 55.0. The topological polar surface area (TPSA) is 95.9 Å². The van der Waals surface area contributed by atoms with Gasteiger partial charge in [-0.15, -0.1) is 0 Å². The summed E-state index contributed by atoms with van der Waals surface area (Å²) in [6.07, 6.45) is 83.5. The van der Waals surface area contributed by atoms with Crippen LogP contribution in [0, 0.1) is 0 Å². The van der Waals surface area contributed by atoms with Crippen LogP contribution in [0.5, 0.6) is 0 Å². The van der Waals surface area contributed by atoms with Crippen LogP contribution >= 0.6 is 0 Å². The summed E-state index contributed by atoms with van der Waals surface area (Å²) in [7, 11) is 0. The van der Waals surface area contributed by atoms with E-state index in [1.165, 1.54) is 289 Å². The van der Waals surface area contributed by atoms with Crippen LogP contribution in [0.15, 0.2) is 36.5 Å². The lowest BCUT2D eigenvalue weighted by Gasteiger charge is -2.20. The number of rotatable bonds is 64. The molecule has 0 radical (unpaired) electrons. The number of carbonyl (C=O) groups is 2. The number of hydrogen-bond donors (Lipinski definition) is 3. The number of allylic oxidation sites excluding steroid dienone is 5. The second-order valence-corrected chi connectivity index (χ2v) is 23.5. The molecule has 0 aromatic heterocycles. The van der Waals surface area contributed by atoms with Gasteiger partial charge >= 0.3 is 5.97 Å². The van der Waals surface area contributed by atoms with Gasteiger partial charge in [-0.25, -0.2) is 0 Å². The summed E-state index contributed by atoms with van der Waals surface area (Å²) >= 11 is 0. The summed E-state index contributed by atoms with van der Waals surface area (Å²) in [5, 5.41) is 23.2. The fourth-order valence-corrected chi connectivity index (χ4v) is 10.7. The third-order valence-electron chi connectivity index (χ3n) is 15.9. The van der Waals surface area contributed by atoms with Crippen LogP contribution in [0.2, 0.25) is 0 Å². The van der Waals surface area contributed by atoms with Gasteiger partial charge in [0.2, 0.25) is 5.91 Å². The minimum absolute atomic E-state index is 0.00986. The van der Waals surface area contributed by atoms with Crippen LogP contribution in [0.25, 0.3) is 0 Å². The van der Waals surface area contributed by atoms with Crippen LogP contribution in [0.1, 0.15) is 373 Å².